The lowest BCUT2D eigenvalue weighted by molar-refractivity contribution is -0.139. The van der Waals surface area contributed by atoms with Crippen LogP contribution in [0.5, 0.6) is 0 Å². The maximum absolute atomic E-state index is 10.4. The first-order chi connectivity index (χ1) is 10.3. The molecular weight excluding hydrogens is 290 g/mol. The number of hydrogen-bond acceptors (Lipinski definition) is 4. The molecule has 0 aliphatic carbocycles. The second-order valence-electron chi connectivity index (χ2n) is 4.63. The molecule has 1 rings (SSSR count). The van der Waals surface area contributed by atoms with Crippen molar-refractivity contribution in [2.45, 2.75) is 38.1 Å². The SMILES string of the molecule is N[C@@H](Cc1ccccc1)C(=O)O.O=C(O)CCCCC(=O)O. The van der Waals surface area contributed by atoms with Crippen molar-refractivity contribution >= 4 is 17.9 Å². The molecule has 0 heterocycles. The van der Waals surface area contributed by atoms with Crippen molar-refractivity contribution < 1.29 is 29.7 Å². The Bertz CT molecular complexity index is 458. The number of unbranched alkanes of at least 4 members (excludes halogenated alkanes) is 1. The zero-order chi connectivity index (χ0) is 17.0. The third-order valence-electron chi connectivity index (χ3n) is 2.65. The summed E-state index contributed by atoms with van der Waals surface area (Å²) < 4.78 is 0. The van der Waals surface area contributed by atoms with E-state index in [2.05, 4.69) is 0 Å². The van der Waals surface area contributed by atoms with Gasteiger partial charge in [-0.3, -0.25) is 14.4 Å². The molecule has 0 saturated heterocycles. The van der Waals surface area contributed by atoms with E-state index < -0.39 is 23.9 Å². The van der Waals surface area contributed by atoms with Gasteiger partial charge < -0.3 is 21.1 Å². The van der Waals surface area contributed by atoms with Crippen LogP contribution in [-0.2, 0) is 20.8 Å². The van der Waals surface area contributed by atoms with Crippen molar-refractivity contribution in [3.8, 4) is 0 Å². The van der Waals surface area contributed by atoms with Gasteiger partial charge in [-0.15, -0.1) is 0 Å². The van der Waals surface area contributed by atoms with E-state index in [1.165, 1.54) is 0 Å². The monoisotopic (exact) mass is 311 g/mol. The molecule has 0 aliphatic rings. The second-order valence-corrected chi connectivity index (χ2v) is 4.63. The highest BCUT2D eigenvalue weighted by Gasteiger charge is 2.10. The van der Waals surface area contributed by atoms with Gasteiger partial charge in [0.2, 0.25) is 0 Å². The van der Waals surface area contributed by atoms with Gasteiger partial charge in [0.15, 0.2) is 0 Å². The molecule has 1 atom stereocenters. The van der Waals surface area contributed by atoms with Gasteiger partial charge in [0.25, 0.3) is 0 Å². The van der Waals surface area contributed by atoms with Crippen molar-refractivity contribution in [3.05, 3.63) is 35.9 Å². The van der Waals surface area contributed by atoms with Gasteiger partial charge in [-0.25, -0.2) is 0 Å². The summed E-state index contributed by atoms with van der Waals surface area (Å²) in [5.41, 5.74) is 6.30. The fourth-order valence-electron chi connectivity index (χ4n) is 1.51. The van der Waals surface area contributed by atoms with E-state index in [-0.39, 0.29) is 12.8 Å². The fourth-order valence-corrected chi connectivity index (χ4v) is 1.51. The Labute approximate surface area is 128 Å². The summed E-state index contributed by atoms with van der Waals surface area (Å²) in [6, 6.07) is 8.54. The molecule has 1 aromatic rings. The molecule has 7 nitrogen and oxygen atoms in total. The Morgan fingerprint density at radius 3 is 1.73 bits per heavy atom. The van der Waals surface area contributed by atoms with Crippen LogP contribution < -0.4 is 5.73 Å². The zero-order valence-electron chi connectivity index (χ0n) is 12.1. The van der Waals surface area contributed by atoms with Crippen LogP contribution in [0.3, 0.4) is 0 Å². The van der Waals surface area contributed by atoms with Crippen molar-refractivity contribution in [3.63, 3.8) is 0 Å². The largest absolute Gasteiger partial charge is 0.481 e. The second kappa shape index (κ2) is 11.3. The molecule has 0 amide bonds. The first-order valence-electron chi connectivity index (χ1n) is 6.78. The van der Waals surface area contributed by atoms with E-state index in [0.717, 1.165) is 5.56 Å². The van der Waals surface area contributed by atoms with E-state index in [4.69, 9.17) is 21.1 Å². The molecule has 0 fully saturated rings. The molecule has 0 unspecified atom stereocenters. The molecule has 122 valence electrons. The molecule has 7 heteroatoms. The van der Waals surface area contributed by atoms with Gasteiger partial charge >= 0.3 is 17.9 Å². The third kappa shape index (κ3) is 11.4. The van der Waals surface area contributed by atoms with E-state index in [1.807, 2.05) is 30.3 Å². The normalized spacial score (nSPS) is 11.0. The van der Waals surface area contributed by atoms with Crippen LogP contribution >= 0.6 is 0 Å². The molecule has 1 aromatic carbocycles. The zero-order valence-corrected chi connectivity index (χ0v) is 12.1. The van der Waals surface area contributed by atoms with E-state index in [1.54, 1.807) is 0 Å². The van der Waals surface area contributed by atoms with Crippen molar-refractivity contribution in [1.29, 1.82) is 0 Å². The topological polar surface area (TPSA) is 138 Å². The quantitative estimate of drug-likeness (QED) is 0.532. The van der Waals surface area contributed by atoms with Gasteiger partial charge in [0.05, 0.1) is 0 Å². The number of carbonyl (C=O) groups is 3. The van der Waals surface area contributed by atoms with Crippen LogP contribution in [0.1, 0.15) is 31.2 Å². The minimum absolute atomic E-state index is 0.0628. The molecule has 5 N–H and O–H groups in total. The van der Waals surface area contributed by atoms with Crippen LogP contribution in [0.15, 0.2) is 30.3 Å². The van der Waals surface area contributed by atoms with Crippen molar-refractivity contribution in [1.82, 2.24) is 0 Å². The summed E-state index contributed by atoms with van der Waals surface area (Å²) in [5, 5.41) is 24.8. The lowest BCUT2D eigenvalue weighted by Crippen LogP contribution is -2.32. The summed E-state index contributed by atoms with van der Waals surface area (Å²) in [5.74, 6) is -2.70. The minimum Gasteiger partial charge on any atom is -0.481 e. The molecule has 0 spiro atoms. The third-order valence-corrected chi connectivity index (χ3v) is 2.65. The Kier molecular flexibility index (Phi) is 10.0. The van der Waals surface area contributed by atoms with Gasteiger partial charge in [0.1, 0.15) is 6.04 Å². The highest BCUT2D eigenvalue weighted by molar-refractivity contribution is 5.73. The first kappa shape index (κ1) is 19.6. The molecular formula is C15H21NO6. The first-order valence-corrected chi connectivity index (χ1v) is 6.78. The Morgan fingerprint density at radius 1 is 0.909 bits per heavy atom. The van der Waals surface area contributed by atoms with Gasteiger partial charge in [-0.1, -0.05) is 30.3 Å². The molecule has 0 radical (unpaired) electrons. The standard InChI is InChI=1S/C9H11NO2.C6H10O4/c10-8(9(11)12)6-7-4-2-1-3-5-7;7-5(8)3-1-2-4-6(9)10/h1-5,8H,6,10H2,(H,11,12);1-4H2,(H,7,8)(H,9,10)/t8-;/m0./s1. The van der Waals surface area contributed by atoms with E-state index in [0.29, 0.717) is 19.3 Å². The average Bonchev–Trinajstić information content (AvgIpc) is 2.45. The summed E-state index contributed by atoms with van der Waals surface area (Å²) in [4.78, 5) is 30.2. The number of nitrogens with two attached hydrogens (primary N) is 1. The summed E-state index contributed by atoms with van der Waals surface area (Å²) >= 11 is 0. The Balaban J connectivity index is 0.000000409. The number of carboxylic acids is 3. The van der Waals surface area contributed by atoms with Crippen molar-refractivity contribution in [2.75, 3.05) is 0 Å². The number of benzene rings is 1. The van der Waals surface area contributed by atoms with Gasteiger partial charge in [0, 0.05) is 12.8 Å². The van der Waals surface area contributed by atoms with Crippen LogP contribution in [-0.4, -0.2) is 39.3 Å². The minimum atomic E-state index is -0.959. The number of aliphatic carboxylic acids is 3. The highest BCUT2D eigenvalue weighted by atomic mass is 16.4. The molecule has 0 aromatic heterocycles. The molecule has 0 aliphatic heterocycles. The maximum atomic E-state index is 10.4. The van der Waals surface area contributed by atoms with Crippen LogP contribution in [0.2, 0.25) is 0 Å². The van der Waals surface area contributed by atoms with Crippen LogP contribution in [0.4, 0.5) is 0 Å². The van der Waals surface area contributed by atoms with E-state index in [9.17, 15) is 14.4 Å². The summed E-state index contributed by atoms with van der Waals surface area (Å²) in [6.07, 6.45) is 1.40. The summed E-state index contributed by atoms with van der Waals surface area (Å²) in [6.45, 7) is 0. The lowest BCUT2D eigenvalue weighted by Gasteiger charge is -2.04. The predicted octanol–water partition coefficient (Wildman–Crippen LogP) is 1.36. The number of rotatable bonds is 8. The smallest absolute Gasteiger partial charge is 0.320 e. The van der Waals surface area contributed by atoms with Gasteiger partial charge in [-0.2, -0.15) is 0 Å². The molecule has 22 heavy (non-hydrogen) atoms. The van der Waals surface area contributed by atoms with Gasteiger partial charge in [-0.05, 0) is 24.8 Å². The molecule has 0 saturated carbocycles. The highest BCUT2D eigenvalue weighted by Crippen LogP contribution is 2.01. The fraction of sp³-hybridized carbons (Fsp3) is 0.400. The van der Waals surface area contributed by atoms with Crippen LogP contribution in [0.25, 0.3) is 0 Å². The summed E-state index contributed by atoms with van der Waals surface area (Å²) in [7, 11) is 0. The van der Waals surface area contributed by atoms with Crippen molar-refractivity contribution in [2.24, 2.45) is 5.73 Å². The lowest BCUT2D eigenvalue weighted by atomic mass is 10.1. The maximum Gasteiger partial charge on any atom is 0.320 e. The number of carboxylic acid groups (broad SMARTS) is 3. The Hall–Kier alpha value is -2.41. The number of hydrogen-bond donors (Lipinski definition) is 4. The molecule has 0 bridgehead atoms. The predicted molar refractivity (Wildman–Crippen MR) is 79.5 cm³/mol. The average molecular weight is 311 g/mol. The Morgan fingerprint density at radius 2 is 1.36 bits per heavy atom. The van der Waals surface area contributed by atoms with Crippen LogP contribution in [0, 0.1) is 0 Å². The van der Waals surface area contributed by atoms with E-state index >= 15 is 0 Å².